The third kappa shape index (κ3) is 7.98. The Morgan fingerprint density at radius 2 is 2.14 bits per heavy atom. The van der Waals surface area contributed by atoms with Crippen LogP contribution in [0.5, 0.6) is 0 Å². The van der Waals surface area contributed by atoms with E-state index in [2.05, 4.69) is 46.9 Å². The topological polar surface area (TPSA) is 94.0 Å². The van der Waals surface area contributed by atoms with Crippen molar-refractivity contribution in [2.45, 2.75) is 38.0 Å². The molecule has 0 aromatic carbocycles. The first kappa shape index (κ1) is 17.9. The molecule has 0 saturated heterocycles. The summed E-state index contributed by atoms with van der Waals surface area (Å²) in [5.74, 6) is 0.232. The number of amides is 1. The van der Waals surface area contributed by atoms with Gasteiger partial charge in [-0.15, -0.1) is 5.10 Å². The maximum atomic E-state index is 11.6. The number of aromatic nitrogens is 4. The number of rotatable bonds is 9. The maximum absolute atomic E-state index is 11.6. The van der Waals surface area contributed by atoms with Crippen LogP contribution in [0.3, 0.4) is 0 Å². The highest BCUT2D eigenvalue weighted by Gasteiger charge is 2.12. The predicted octanol–water partition coefficient (Wildman–Crippen LogP) is -0.0841. The van der Waals surface area contributed by atoms with E-state index in [1.54, 1.807) is 11.8 Å². The summed E-state index contributed by atoms with van der Waals surface area (Å²) in [6.45, 7) is 8.76. The van der Waals surface area contributed by atoms with Gasteiger partial charge in [0, 0.05) is 25.7 Å². The average Bonchev–Trinajstić information content (AvgIpc) is 2.83. The fourth-order valence-electron chi connectivity index (χ4n) is 1.45. The number of hydrogen-bond donors (Lipinski definition) is 2. The lowest BCUT2D eigenvalue weighted by Crippen LogP contribution is -2.38. The molecule has 0 unspecified atom stereocenters. The minimum Gasteiger partial charge on any atom is -0.383 e. The summed E-state index contributed by atoms with van der Waals surface area (Å²) in [6.07, 6.45) is 0. The number of ether oxygens (including phenoxy) is 1. The first-order valence-electron chi connectivity index (χ1n) is 6.82. The number of methoxy groups -OCH3 is 1. The fraction of sp³-hybridized carbons (Fsp3) is 0.833. The van der Waals surface area contributed by atoms with Crippen molar-refractivity contribution in [2.24, 2.45) is 0 Å². The van der Waals surface area contributed by atoms with Crippen LogP contribution in [0.1, 0.15) is 20.8 Å². The van der Waals surface area contributed by atoms with Gasteiger partial charge in [-0.05, 0) is 31.2 Å². The molecule has 0 saturated carbocycles. The van der Waals surface area contributed by atoms with Crippen LogP contribution >= 0.6 is 11.8 Å². The Morgan fingerprint density at radius 3 is 2.81 bits per heavy atom. The molecule has 0 aliphatic heterocycles. The van der Waals surface area contributed by atoms with Crippen molar-refractivity contribution in [2.75, 3.05) is 32.6 Å². The van der Waals surface area contributed by atoms with E-state index in [4.69, 9.17) is 4.74 Å². The fourth-order valence-corrected chi connectivity index (χ4v) is 2.18. The molecule has 0 fully saturated rings. The van der Waals surface area contributed by atoms with Crippen molar-refractivity contribution in [3.8, 4) is 0 Å². The molecular formula is C12H24N6O2S. The quantitative estimate of drug-likeness (QED) is 0.486. The van der Waals surface area contributed by atoms with Crippen molar-refractivity contribution in [1.82, 2.24) is 30.8 Å². The summed E-state index contributed by atoms with van der Waals surface area (Å²) < 4.78 is 6.57. The molecule has 9 heteroatoms. The lowest BCUT2D eigenvalue weighted by molar-refractivity contribution is -0.118. The highest BCUT2D eigenvalue weighted by Crippen LogP contribution is 2.12. The number of nitrogens with zero attached hydrogens (tertiary/aromatic N) is 4. The smallest absolute Gasteiger partial charge is 0.230 e. The van der Waals surface area contributed by atoms with Gasteiger partial charge in [-0.2, -0.15) is 0 Å². The van der Waals surface area contributed by atoms with E-state index < -0.39 is 0 Å². The number of carbonyl (C=O) groups is 1. The zero-order chi connectivity index (χ0) is 15.7. The van der Waals surface area contributed by atoms with Crippen molar-refractivity contribution < 1.29 is 9.53 Å². The summed E-state index contributed by atoms with van der Waals surface area (Å²) in [6, 6.07) is 0. The van der Waals surface area contributed by atoms with E-state index in [-0.39, 0.29) is 17.2 Å². The highest BCUT2D eigenvalue weighted by molar-refractivity contribution is 7.99. The molecule has 1 rings (SSSR count). The van der Waals surface area contributed by atoms with Crippen LogP contribution in [0.15, 0.2) is 5.16 Å². The molecule has 0 bridgehead atoms. The van der Waals surface area contributed by atoms with E-state index in [1.807, 2.05) is 0 Å². The first-order chi connectivity index (χ1) is 9.92. The normalized spacial score (nSPS) is 11.6. The van der Waals surface area contributed by atoms with E-state index in [1.165, 1.54) is 11.8 Å². The van der Waals surface area contributed by atoms with Gasteiger partial charge >= 0.3 is 0 Å². The van der Waals surface area contributed by atoms with Gasteiger partial charge < -0.3 is 15.4 Å². The first-order valence-corrected chi connectivity index (χ1v) is 7.80. The Labute approximate surface area is 129 Å². The van der Waals surface area contributed by atoms with E-state index >= 15 is 0 Å². The molecule has 1 heterocycles. The summed E-state index contributed by atoms with van der Waals surface area (Å²) in [5.41, 5.74) is 0.0581. The molecular weight excluding hydrogens is 292 g/mol. The minimum absolute atomic E-state index is 0.0561. The molecule has 0 spiro atoms. The zero-order valence-electron chi connectivity index (χ0n) is 13.0. The van der Waals surface area contributed by atoms with Crippen LogP contribution in [0, 0.1) is 0 Å². The monoisotopic (exact) mass is 316 g/mol. The van der Waals surface area contributed by atoms with Gasteiger partial charge in [0.25, 0.3) is 0 Å². The number of tetrazole rings is 1. The van der Waals surface area contributed by atoms with Gasteiger partial charge in [-0.3, -0.25) is 4.79 Å². The molecule has 21 heavy (non-hydrogen) atoms. The number of thioether (sulfide) groups is 1. The lowest BCUT2D eigenvalue weighted by Gasteiger charge is -2.20. The van der Waals surface area contributed by atoms with Gasteiger partial charge in [0.15, 0.2) is 0 Å². The number of nitrogens with one attached hydrogen (secondary N) is 2. The Hall–Kier alpha value is -1.19. The van der Waals surface area contributed by atoms with Crippen LogP contribution in [0.25, 0.3) is 0 Å². The molecule has 0 aliphatic rings. The van der Waals surface area contributed by atoms with E-state index in [0.717, 1.165) is 6.54 Å². The Morgan fingerprint density at radius 1 is 1.38 bits per heavy atom. The van der Waals surface area contributed by atoms with Gasteiger partial charge in [0.2, 0.25) is 11.1 Å². The largest absolute Gasteiger partial charge is 0.383 e. The third-order valence-electron chi connectivity index (χ3n) is 2.44. The Kier molecular flexibility index (Phi) is 7.62. The second-order valence-corrected chi connectivity index (χ2v) is 6.44. The van der Waals surface area contributed by atoms with Gasteiger partial charge in [-0.25, -0.2) is 4.68 Å². The van der Waals surface area contributed by atoms with E-state index in [0.29, 0.717) is 24.9 Å². The molecule has 1 aromatic rings. The highest BCUT2D eigenvalue weighted by atomic mass is 32.2. The standard InChI is InChI=1S/C12H24N6O2S/c1-12(2,3)14-5-7-18-11(15-16-17-18)21-9-10(19)13-6-8-20-4/h14H,5-9H2,1-4H3,(H,13,19). The Bertz CT molecular complexity index is 432. The van der Waals surface area contributed by atoms with Crippen LogP contribution < -0.4 is 10.6 Å². The molecule has 1 aromatic heterocycles. The third-order valence-corrected chi connectivity index (χ3v) is 3.40. The predicted molar refractivity (Wildman–Crippen MR) is 81.2 cm³/mol. The summed E-state index contributed by atoms with van der Waals surface area (Å²) in [7, 11) is 1.60. The number of hydrogen-bond acceptors (Lipinski definition) is 7. The molecule has 0 radical (unpaired) electrons. The van der Waals surface area contributed by atoms with Crippen LogP contribution in [-0.2, 0) is 16.1 Å². The summed E-state index contributed by atoms with van der Waals surface area (Å²) in [5, 5.41) is 18.3. The SMILES string of the molecule is COCCNC(=O)CSc1nnnn1CCNC(C)(C)C. The minimum atomic E-state index is -0.0561. The zero-order valence-corrected chi connectivity index (χ0v) is 13.9. The second-order valence-electron chi connectivity index (χ2n) is 5.49. The van der Waals surface area contributed by atoms with Gasteiger partial charge in [-0.1, -0.05) is 11.8 Å². The van der Waals surface area contributed by atoms with Crippen LogP contribution in [-0.4, -0.2) is 64.2 Å². The summed E-state index contributed by atoms with van der Waals surface area (Å²) in [4.78, 5) is 11.6. The Balaban J connectivity index is 2.33. The summed E-state index contributed by atoms with van der Waals surface area (Å²) >= 11 is 1.32. The van der Waals surface area contributed by atoms with Crippen molar-refractivity contribution in [1.29, 1.82) is 0 Å². The second kappa shape index (κ2) is 8.96. The van der Waals surface area contributed by atoms with Crippen molar-refractivity contribution in [3.63, 3.8) is 0 Å². The van der Waals surface area contributed by atoms with Crippen LogP contribution in [0.4, 0.5) is 0 Å². The van der Waals surface area contributed by atoms with Crippen molar-refractivity contribution in [3.05, 3.63) is 0 Å². The molecule has 0 aliphatic carbocycles. The number of carbonyl (C=O) groups excluding carboxylic acids is 1. The maximum Gasteiger partial charge on any atom is 0.230 e. The van der Waals surface area contributed by atoms with Crippen LogP contribution in [0.2, 0.25) is 0 Å². The van der Waals surface area contributed by atoms with Crippen molar-refractivity contribution >= 4 is 17.7 Å². The molecule has 8 nitrogen and oxygen atoms in total. The van der Waals surface area contributed by atoms with Gasteiger partial charge in [0.05, 0.1) is 18.9 Å². The molecule has 2 N–H and O–H groups in total. The molecule has 0 atom stereocenters. The molecule has 120 valence electrons. The van der Waals surface area contributed by atoms with Gasteiger partial charge in [0.1, 0.15) is 0 Å². The molecule has 1 amide bonds. The average molecular weight is 316 g/mol. The van der Waals surface area contributed by atoms with E-state index in [9.17, 15) is 4.79 Å². The lowest BCUT2D eigenvalue weighted by atomic mass is 10.1.